The molecule has 1 fully saturated rings. The summed E-state index contributed by atoms with van der Waals surface area (Å²) in [4.78, 5) is 27.7. The van der Waals surface area contributed by atoms with Crippen LogP contribution in [0.2, 0.25) is 0 Å². The van der Waals surface area contributed by atoms with Gasteiger partial charge >= 0.3 is 0 Å². The summed E-state index contributed by atoms with van der Waals surface area (Å²) < 4.78 is 1.08. The molecule has 6 heteroatoms. The third kappa shape index (κ3) is 4.66. The molecule has 0 saturated heterocycles. The van der Waals surface area contributed by atoms with Crippen LogP contribution < -0.4 is 10.6 Å². The fraction of sp³-hybridized carbons (Fsp3) is 0.533. The fourth-order valence-electron chi connectivity index (χ4n) is 2.64. The van der Waals surface area contributed by atoms with Crippen LogP contribution in [0.1, 0.15) is 38.2 Å². The largest absolute Gasteiger partial charge is 0.354 e. The van der Waals surface area contributed by atoms with E-state index in [1.54, 1.807) is 6.20 Å². The maximum absolute atomic E-state index is 12.3. The number of pyridine rings is 1. The Bertz CT molecular complexity index is 548. The lowest BCUT2D eigenvalue weighted by molar-refractivity contribution is -0.123. The number of hydrogen-bond donors (Lipinski definition) is 2. The zero-order valence-electron chi connectivity index (χ0n) is 12.3. The highest BCUT2D eigenvalue weighted by molar-refractivity contribution is 14.1. The van der Waals surface area contributed by atoms with E-state index in [0.29, 0.717) is 12.2 Å². The van der Waals surface area contributed by atoms with Crippen molar-refractivity contribution in [1.29, 1.82) is 0 Å². The molecule has 5 nitrogen and oxygen atoms in total. The lowest BCUT2D eigenvalue weighted by atomic mass is 9.85. The molecular weight excluding hydrogens is 381 g/mol. The molecule has 2 N–H and O–H groups in total. The number of rotatable bonds is 3. The Kier molecular flexibility index (Phi) is 5.55. The highest BCUT2D eigenvalue weighted by Crippen LogP contribution is 2.25. The number of nitrogens with zero attached hydrogens (tertiary/aromatic N) is 1. The minimum Gasteiger partial charge on any atom is -0.354 e. The Morgan fingerprint density at radius 1 is 1.38 bits per heavy atom. The van der Waals surface area contributed by atoms with Gasteiger partial charge in [0.05, 0.1) is 0 Å². The molecule has 0 spiro atoms. The molecule has 114 valence electrons. The summed E-state index contributed by atoms with van der Waals surface area (Å²) in [6, 6.07) is 1.99. The van der Waals surface area contributed by atoms with Crippen LogP contribution in [0.3, 0.4) is 0 Å². The molecule has 0 radical (unpaired) electrons. The van der Waals surface area contributed by atoms with Crippen LogP contribution >= 0.6 is 22.6 Å². The molecule has 0 unspecified atom stereocenters. The van der Waals surface area contributed by atoms with E-state index in [1.807, 2.05) is 13.0 Å². The molecular formula is C15H20IN3O2. The Hall–Kier alpha value is -1.18. The minimum absolute atomic E-state index is 0.00259. The quantitative estimate of drug-likeness (QED) is 0.766. The molecule has 2 atom stereocenters. The Labute approximate surface area is 138 Å². The van der Waals surface area contributed by atoms with Crippen molar-refractivity contribution < 1.29 is 9.59 Å². The predicted octanol–water partition coefficient (Wildman–Crippen LogP) is 2.63. The topological polar surface area (TPSA) is 71.1 Å². The van der Waals surface area contributed by atoms with E-state index in [1.165, 1.54) is 6.92 Å². The molecule has 21 heavy (non-hydrogen) atoms. The second-order valence-electron chi connectivity index (χ2n) is 5.57. The molecule has 1 saturated carbocycles. The van der Waals surface area contributed by atoms with E-state index in [4.69, 9.17) is 0 Å². The van der Waals surface area contributed by atoms with Crippen LogP contribution in [0, 0.1) is 16.4 Å². The standard InChI is InChI=1S/C15H20IN3O2/c1-9-8-17-14(7-13(9)16)19-15(21)11-4-3-5-12(6-11)18-10(2)20/h7-8,11-12H,3-6H2,1-2H3,(H,18,20)(H,17,19,21)/t11-,12+/m0/s1. The summed E-state index contributed by atoms with van der Waals surface area (Å²) in [5, 5.41) is 5.80. The van der Waals surface area contributed by atoms with E-state index in [0.717, 1.165) is 28.4 Å². The van der Waals surface area contributed by atoms with Gasteiger partial charge in [-0.2, -0.15) is 0 Å². The van der Waals surface area contributed by atoms with E-state index in [-0.39, 0.29) is 23.8 Å². The molecule has 1 aliphatic carbocycles. The Morgan fingerprint density at radius 2 is 2.14 bits per heavy atom. The number of anilines is 1. The fourth-order valence-corrected chi connectivity index (χ4v) is 3.08. The van der Waals surface area contributed by atoms with Crippen molar-refractivity contribution in [3.63, 3.8) is 0 Å². The number of carbonyl (C=O) groups excluding carboxylic acids is 2. The van der Waals surface area contributed by atoms with Crippen LogP contribution in [0.15, 0.2) is 12.3 Å². The van der Waals surface area contributed by atoms with E-state index in [9.17, 15) is 9.59 Å². The maximum Gasteiger partial charge on any atom is 0.228 e. The number of amides is 2. The number of nitrogens with one attached hydrogen (secondary N) is 2. The first-order valence-electron chi connectivity index (χ1n) is 7.16. The minimum atomic E-state index is -0.0589. The first kappa shape index (κ1) is 16.2. The van der Waals surface area contributed by atoms with Crippen molar-refractivity contribution in [2.75, 3.05) is 5.32 Å². The molecule has 1 aliphatic rings. The summed E-state index contributed by atoms with van der Waals surface area (Å²) in [7, 11) is 0. The monoisotopic (exact) mass is 401 g/mol. The molecule has 1 aromatic rings. The van der Waals surface area contributed by atoms with Crippen molar-refractivity contribution in [1.82, 2.24) is 10.3 Å². The first-order valence-corrected chi connectivity index (χ1v) is 8.23. The highest BCUT2D eigenvalue weighted by atomic mass is 127. The van der Waals surface area contributed by atoms with E-state index >= 15 is 0 Å². The van der Waals surface area contributed by atoms with Crippen molar-refractivity contribution in [2.24, 2.45) is 5.92 Å². The van der Waals surface area contributed by atoms with Gasteiger partial charge in [-0.25, -0.2) is 4.98 Å². The van der Waals surface area contributed by atoms with Gasteiger partial charge in [0.1, 0.15) is 5.82 Å². The molecule has 1 heterocycles. The van der Waals surface area contributed by atoms with Crippen LogP contribution in [0.4, 0.5) is 5.82 Å². The lowest BCUT2D eigenvalue weighted by Gasteiger charge is -2.28. The zero-order chi connectivity index (χ0) is 15.4. The second kappa shape index (κ2) is 7.20. The average Bonchev–Trinajstić information content (AvgIpc) is 2.42. The molecule has 2 rings (SSSR count). The summed E-state index contributed by atoms with van der Waals surface area (Å²) in [6.07, 6.45) is 5.24. The molecule has 0 aromatic carbocycles. The van der Waals surface area contributed by atoms with Gasteiger partial charge in [0.2, 0.25) is 11.8 Å². The number of carbonyl (C=O) groups is 2. The summed E-state index contributed by atoms with van der Waals surface area (Å²) in [5.74, 6) is 0.501. The van der Waals surface area contributed by atoms with Crippen molar-refractivity contribution in [3.05, 3.63) is 21.4 Å². The van der Waals surface area contributed by atoms with Gasteiger partial charge < -0.3 is 10.6 Å². The SMILES string of the molecule is CC(=O)N[C@@H]1CCC[C@H](C(=O)Nc2cc(I)c(C)cn2)C1. The third-order valence-electron chi connectivity index (χ3n) is 3.74. The van der Waals surface area contributed by atoms with Crippen LogP contribution in [0.5, 0.6) is 0 Å². The van der Waals surface area contributed by atoms with Gasteiger partial charge in [-0.15, -0.1) is 0 Å². The molecule has 2 amide bonds. The highest BCUT2D eigenvalue weighted by Gasteiger charge is 2.27. The average molecular weight is 401 g/mol. The summed E-state index contributed by atoms with van der Waals surface area (Å²) in [6.45, 7) is 3.50. The number of halogens is 1. The Morgan fingerprint density at radius 3 is 2.81 bits per heavy atom. The Balaban J connectivity index is 1.96. The van der Waals surface area contributed by atoms with Gasteiger partial charge in [-0.05, 0) is 60.4 Å². The van der Waals surface area contributed by atoms with E-state index < -0.39 is 0 Å². The lowest BCUT2D eigenvalue weighted by Crippen LogP contribution is -2.40. The van der Waals surface area contributed by atoms with Crippen LogP contribution in [0.25, 0.3) is 0 Å². The predicted molar refractivity (Wildman–Crippen MR) is 89.9 cm³/mol. The first-order chi connectivity index (χ1) is 9.95. The van der Waals surface area contributed by atoms with Gasteiger partial charge in [0, 0.05) is 28.7 Å². The van der Waals surface area contributed by atoms with Crippen LogP contribution in [-0.4, -0.2) is 22.8 Å². The molecule has 0 aliphatic heterocycles. The summed E-state index contributed by atoms with van der Waals surface area (Å²) >= 11 is 2.23. The number of aryl methyl sites for hydroxylation is 1. The van der Waals surface area contributed by atoms with Gasteiger partial charge in [-0.3, -0.25) is 9.59 Å². The third-order valence-corrected chi connectivity index (χ3v) is 4.90. The summed E-state index contributed by atoms with van der Waals surface area (Å²) in [5.41, 5.74) is 1.09. The molecule has 1 aromatic heterocycles. The smallest absolute Gasteiger partial charge is 0.228 e. The number of hydrogen-bond acceptors (Lipinski definition) is 3. The zero-order valence-corrected chi connectivity index (χ0v) is 14.4. The normalized spacial score (nSPS) is 21.7. The second-order valence-corrected chi connectivity index (χ2v) is 6.73. The van der Waals surface area contributed by atoms with Gasteiger partial charge in [-0.1, -0.05) is 6.42 Å². The van der Waals surface area contributed by atoms with Gasteiger partial charge in [0.15, 0.2) is 0 Å². The maximum atomic E-state index is 12.3. The van der Waals surface area contributed by atoms with E-state index in [2.05, 4.69) is 38.2 Å². The molecule has 0 bridgehead atoms. The number of aromatic nitrogens is 1. The van der Waals surface area contributed by atoms with Crippen molar-refractivity contribution in [2.45, 2.75) is 45.6 Å². The van der Waals surface area contributed by atoms with Crippen LogP contribution in [-0.2, 0) is 9.59 Å². The van der Waals surface area contributed by atoms with Gasteiger partial charge in [0.25, 0.3) is 0 Å². The van der Waals surface area contributed by atoms with Crippen molar-refractivity contribution in [3.8, 4) is 0 Å². The van der Waals surface area contributed by atoms with Crippen molar-refractivity contribution >= 4 is 40.2 Å².